The molecule has 0 bridgehead atoms. The van der Waals surface area contributed by atoms with Gasteiger partial charge < -0.3 is 20.7 Å². The molecule has 0 atom stereocenters. The molecule has 0 heterocycles. The van der Waals surface area contributed by atoms with Gasteiger partial charge in [-0.1, -0.05) is 26.2 Å². The van der Waals surface area contributed by atoms with Crippen molar-refractivity contribution in [2.75, 3.05) is 29.1 Å². The van der Waals surface area contributed by atoms with Gasteiger partial charge in [-0.25, -0.2) is 0 Å². The maximum absolute atomic E-state index is 12.1. The van der Waals surface area contributed by atoms with E-state index in [0.29, 0.717) is 0 Å². The number of carbonyl (C=O) groups excluding carboxylic acids is 2. The Kier molecular flexibility index (Phi) is 8.85. The highest BCUT2D eigenvalue weighted by Gasteiger charge is 2.03. The van der Waals surface area contributed by atoms with Gasteiger partial charge in [0.25, 0.3) is 0 Å². The molecule has 6 nitrogen and oxygen atoms in total. The number of unbranched alkanes of at least 4 members (excludes halogenated alkanes) is 3. The molecule has 0 aliphatic heterocycles. The van der Waals surface area contributed by atoms with Crippen molar-refractivity contribution in [3.05, 3.63) is 48.5 Å². The number of benzene rings is 2. The highest BCUT2D eigenvalue weighted by atomic mass is 16.5. The molecule has 2 aromatic carbocycles. The van der Waals surface area contributed by atoms with E-state index in [2.05, 4.69) is 22.9 Å². The van der Waals surface area contributed by atoms with Crippen LogP contribution >= 0.6 is 0 Å². The first kappa shape index (κ1) is 21.3. The molecule has 150 valence electrons. The smallest absolute Gasteiger partial charge is 0.243 e. The van der Waals surface area contributed by atoms with Crippen molar-refractivity contribution in [1.29, 1.82) is 0 Å². The molecule has 2 aromatic rings. The minimum absolute atomic E-state index is 0.118. The van der Waals surface area contributed by atoms with Crippen LogP contribution in [0.2, 0.25) is 0 Å². The van der Waals surface area contributed by atoms with Crippen molar-refractivity contribution >= 4 is 28.9 Å². The van der Waals surface area contributed by atoms with Gasteiger partial charge >= 0.3 is 0 Å². The lowest BCUT2D eigenvalue weighted by Crippen LogP contribution is -2.21. The summed E-state index contributed by atoms with van der Waals surface area (Å²) >= 11 is 0. The fourth-order valence-electron chi connectivity index (χ4n) is 2.62. The predicted octanol–water partition coefficient (Wildman–Crippen LogP) is 4.65. The molecule has 0 radical (unpaired) electrons. The molecule has 2 rings (SSSR count). The van der Waals surface area contributed by atoms with E-state index in [9.17, 15) is 9.59 Å². The average molecular weight is 383 g/mol. The van der Waals surface area contributed by atoms with Gasteiger partial charge in [0.2, 0.25) is 11.8 Å². The van der Waals surface area contributed by atoms with Crippen LogP contribution in [0.4, 0.5) is 17.1 Å². The Balaban J connectivity index is 1.71. The zero-order valence-electron chi connectivity index (χ0n) is 16.6. The van der Waals surface area contributed by atoms with Crippen LogP contribution in [0.5, 0.6) is 5.75 Å². The number of rotatable bonds is 11. The number of hydrogen-bond donors (Lipinski definition) is 3. The summed E-state index contributed by atoms with van der Waals surface area (Å²) in [6.07, 6.45) is 4.70. The van der Waals surface area contributed by atoms with Gasteiger partial charge in [0, 0.05) is 24.0 Å². The van der Waals surface area contributed by atoms with Crippen molar-refractivity contribution in [1.82, 2.24) is 0 Å². The lowest BCUT2D eigenvalue weighted by atomic mass is 10.2. The maximum Gasteiger partial charge on any atom is 0.243 e. The van der Waals surface area contributed by atoms with Gasteiger partial charge in [0.15, 0.2) is 0 Å². The normalized spacial score (nSPS) is 10.2. The zero-order valence-corrected chi connectivity index (χ0v) is 16.6. The fraction of sp³-hybridized carbons (Fsp3) is 0.364. The first-order chi connectivity index (χ1) is 13.6. The summed E-state index contributed by atoms with van der Waals surface area (Å²) in [5, 5.41) is 8.60. The molecule has 0 saturated carbocycles. The van der Waals surface area contributed by atoms with Crippen molar-refractivity contribution in [2.24, 2.45) is 0 Å². The quantitative estimate of drug-likeness (QED) is 0.493. The number of hydrogen-bond acceptors (Lipinski definition) is 4. The molecule has 0 fully saturated rings. The van der Waals surface area contributed by atoms with Crippen LogP contribution < -0.4 is 20.7 Å². The van der Waals surface area contributed by atoms with Crippen LogP contribution in [0.25, 0.3) is 0 Å². The number of amides is 2. The van der Waals surface area contributed by atoms with Gasteiger partial charge in [-0.05, 0) is 55.0 Å². The second-order valence-corrected chi connectivity index (χ2v) is 6.59. The molecule has 3 N–H and O–H groups in total. The van der Waals surface area contributed by atoms with E-state index < -0.39 is 0 Å². The molecule has 6 heteroatoms. The van der Waals surface area contributed by atoms with Gasteiger partial charge in [0.1, 0.15) is 5.75 Å². The molecule has 0 spiro atoms. The van der Waals surface area contributed by atoms with E-state index in [0.717, 1.165) is 35.8 Å². The van der Waals surface area contributed by atoms with Crippen LogP contribution in [-0.2, 0) is 9.59 Å². The molecule has 28 heavy (non-hydrogen) atoms. The molecule has 0 aromatic heterocycles. The van der Waals surface area contributed by atoms with Crippen LogP contribution in [-0.4, -0.2) is 25.0 Å². The largest absolute Gasteiger partial charge is 0.494 e. The van der Waals surface area contributed by atoms with Crippen molar-refractivity contribution < 1.29 is 14.3 Å². The first-order valence-corrected chi connectivity index (χ1v) is 9.71. The lowest BCUT2D eigenvalue weighted by Gasteiger charge is -2.10. The van der Waals surface area contributed by atoms with Crippen LogP contribution in [0, 0.1) is 0 Å². The lowest BCUT2D eigenvalue weighted by molar-refractivity contribution is -0.115. The fourth-order valence-corrected chi connectivity index (χ4v) is 2.62. The Morgan fingerprint density at radius 2 is 1.43 bits per heavy atom. The third-order valence-corrected chi connectivity index (χ3v) is 4.06. The van der Waals surface area contributed by atoms with E-state index in [4.69, 9.17) is 4.74 Å². The molecule has 0 aliphatic rings. The van der Waals surface area contributed by atoms with Gasteiger partial charge in [-0.15, -0.1) is 0 Å². The summed E-state index contributed by atoms with van der Waals surface area (Å²) < 4.78 is 5.70. The minimum Gasteiger partial charge on any atom is -0.494 e. The molecular formula is C22H29N3O3. The number of anilines is 3. The number of nitrogens with one attached hydrogen (secondary N) is 3. The van der Waals surface area contributed by atoms with Gasteiger partial charge in [-0.3, -0.25) is 9.59 Å². The highest BCUT2D eigenvalue weighted by Crippen LogP contribution is 2.17. The third-order valence-electron chi connectivity index (χ3n) is 4.06. The van der Waals surface area contributed by atoms with E-state index in [1.165, 1.54) is 26.2 Å². The Morgan fingerprint density at radius 3 is 2.07 bits per heavy atom. The predicted molar refractivity (Wildman–Crippen MR) is 114 cm³/mol. The summed E-state index contributed by atoms with van der Waals surface area (Å²) in [7, 11) is 0. The van der Waals surface area contributed by atoms with Crippen molar-refractivity contribution in [3.8, 4) is 5.75 Å². The molecule has 0 unspecified atom stereocenters. The maximum atomic E-state index is 12.1. The monoisotopic (exact) mass is 383 g/mol. The Morgan fingerprint density at radius 1 is 0.821 bits per heavy atom. The Labute approximate surface area is 166 Å². The Hall–Kier alpha value is -3.02. The standard InChI is InChI=1S/C22H29N3O3/c1-3-4-5-6-15-28-21-13-11-20(12-14-21)25-22(27)16-23-18-7-9-19(10-8-18)24-17(2)26/h7-14,23H,3-6,15-16H2,1-2H3,(H,24,26)(H,25,27). The third kappa shape index (κ3) is 8.12. The molecule has 0 aliphatic carbocycles. The van der Waals surface area contributed by atoms with Gasteiger partial charge in [0.05, 0.1) is 13.2 Å². The molecular weight excluding hydrogens is 354 g/mol. The second kappa shape index (κ2) is 11.6. The number of ether oxygens (including phenoxy) is 1. The van der Waals surface area contributed by atoms with Crippen LogP contribution in [0.3, 0.4) is 0 Å². The van der Waals surface area contributed by atoms with E-state index in [1.807, 2.05) is 36.4 Å². The van der Waals surface area contributed by atoms with Crippen LogP contribution in [0.15, 0.2) is 48.5 Å². The SMILES string of the molecule is CCCCCCOc1ccc(NC(=O)CNc2ccc(NC(C)=O)cc2)cc1. The topological polar surface area (TPSA) is 79.5 Å². The van der Waals surface area contributed by atoms with E-state index >= 15 is 0 Å². The minimum atomic E-state index is -0.140. The van der Waals surface area contributed by atoms with Crippen molar-refractivity contribution in [2.45, 2.75) is 39.5 Å². The number of carbonyl (C=O) groups is 2. The summed E-state index contributed by atoms with van der Waals surface area (Å²) in [6, 6.07) is 14.6. The van der Waals surface area contributed by atoms with E-state index in [-0.39, 0.29) is 18.4 Å². The summed E-state index contributed by atoms with van der Waals surface area (Å²) in [5.41, 5.74) is 2.25. The molecule has 2 amide bonds. The summed E-state index contributed by atoms with van der Waals surface area (Å²) in [6.45, 7) is 4.52. The first-order valence-electron chi connectivity index (χ1n) is 9.71. The summed E-state index contributed by atoms with van der Waals surface area (Å²) in [4.78, 5) is 23.1. The summed E-state index contributed by atoms with van der Waals surface area (Å²) in [5.74, 6) is 0.555. The zero-order chi connectivity index (χ0) is 20.2. The Bertz CT molecular complexity index is 743. The average Bonchev–Trinajstić information content (AvgIpc) is 2.68. The molecule has 0 saturated heterocycles. The van der Waals surface area contributed by atoms with E-state index in [1.54, 1.807) is 12.1 Å². The second-order valence-electron chi connectivity index (χ2n) is 6.59. The highest BCUT2D eigenvalue weighted by molar-refractivity contribution is 5.94. The van der Waals surface area contributed by atoms with Crippen LogP contribution in [0.1, 0.15) is 39.5 Å². The van der Waals surface area contributed by atoms with Crippen molar-refractivity contribution in [3.63, 3.8) is 0 Å². The van der Waals surface area contributed by atoms with Gasteiger partial charge in [-0.2, -0.15) is 0 Å².